The number of hydrogen-bond donors (Lipinski definition) is 1. The maximum absolute atomic E-state index is 10.9. The lowest BCUT2D eigenvalue weighted by molar-refractivity contribution is -0.129. The van der Waals surface area contributed by atoms with Gasteiger partial charge in [0.2, 0.25) is 0 Å². The maximum Gasteiger partial charge on any atom is 0.343 e. The Morgan fingerprint density at radius 3 is 2.40 bits per heavy atom. The molecule has 0 heterocycles. The zero-order valence-electron chi connectivity index (χ0n) is 11.2. The average molecular weight is 284 g/mol. The van der Waals surface area contributed by atoms with Gasteiger partial charge in [-0.3, -0.25) is 0 Å². The van der Waals surface area contributed by atoms with Crippen LogP contribution < -0.4 is 0 Å². The van der Waals surface area contributed by atoms with Crippen molar-refractivity contribution in [2.45, 2.75) is 19.3 Å². The summed E-state index contributed by atoms with van der Waals surface area (Å²) in [5.74, 6) is -1.26. The fourth-order valence-electron chi connectivity index (χ4n) is 2.14. The lowest BCUT2D eigenvalue weighted by Gasteiger charge is -2.12. The lowest BCUT2D eigenvalue weighted by Crippen LogP contribution is -2.17. The van der Waals surface area contributed by atoms with Crippen molar-refractivity contribution in [3.63, 3.8) is 0 Å². The van der Waals surface area contributed by atoms with Crippen LogP contribution in [0.1, 0.15) is 29.5 Å². The highest BCUT2D eigenvalue weighted by Gasteiger charge is 2.17. The summed E-state index contributed by atoms with van der Waals surface area (Å²) in [7, 11) is 0. The summed E-state index contributed by atoms with van der Waals surface area (Å²) in [4.78, 5) is 11.0. The van der Waals surface area contributed by atoms with Crippen LogP contribution in [0.15, 0.2) is 54.6 Å². The molecule has 0 fully saturated rings. The Balaban J connectivity index is 2.20. The van der Waals surface area contributed by atoms with Crippen LogP contribution in [0.25, 0.3) is 0 Å². The molecule has 2 aromatic carbocycles. The Kier molecular flexibility index (Phi) is 4.64. The lowest BCUT2D eigenvalue weighted by atomic mass is 9.94. The van der Waals surface area contributed by atoms with Crippen molar-refractivity contribution in [2.75, 3.05) is 0 Å². The monoisotopic (exact) mass is 284 g/mol. The fourth-order valence-corrected chi connectivity index (χ4v) is 2.28. The van der Waals surface area contributed by atoms with E-state index in [0.29, 0.717) is 0 Å². The molecule has 20 heavy (non-hydrogen) atoms. The third-order valence-electron chi connectivity index (χ3n) is 3.31. The van der Waals surface area contributed by atoms with Crippen LogP contribution in [0.3, 0.4) is 0 Å². The molecule has 0 aliphatic carbocycles. The predicted octanol–water partition coefficient (Wildman–Crippen LogP) is 3.84. The SMILES string of the molecule is CC(C(=S)C(=O)O)c1cccc(Cc2ccccc2)c1. The smallest absolute Gasteiger partial charge is 0.343 e. The van der Waals surface area contributed by atoms with E-state index in [9.17, 15) is 4.79 Å². The molecule has 102 valence electrons. The van der Waals surface area contributed by atoms with E-state index in [1.165, 1.54) is 5.56 Å². The first-order valence-corrected chi connectivity index (χ1v) is 6.88. The van der Waals surface area contributed by atoms with Gasteiger partial charge in [-0.1, -0.05) is 73.7 Å². The molecule has 0 aromatic heterocycles. The molecular formula is C17H16O2S. The van der Waals surface area contributed by atoms with Gasteiger partial charge in [0.1, 0.15) is 4.86 Å². The first-order chi connectivity index (χ1) is 9.58. The van der Waals surface area contributed by atoms with E-state index in [1.54, 1.807) is 0 Å². The average Bonchev–Trinajstić information content (AvgIpc) is 2.47. The number of carboxylic acids is 1. The van der Waals surface area contributed by atoms with Crippen molar-refractivity contribution in [1.82, 2.24) is 0 Å². The molecule has 0 saturated heterocycles. The zero-order chi connectivity index (χ0) is 14.5. The van der Waals surface area contributed by atoms with Crippen molar-refractivity contribution in [2.24, 2.45) is 0 Å². The third-order valence-corrected chi connectivity index (χ3v) is 3.83. The Labute approximate surface area is 124 Å². The van der Waals surface area contributed by atoms with Gasteiger partial charge in [-0.25, -0.2) is 4.79 Å². The Hall–Kier alpha value is -2.00. The second-order valence-electron chi connectivity index (χ2n) is 4.80. The molecule has 0 bridgehead atoms. The molecule has 0 aliphatic heterocycles. The number of aliphatic carboxylic acids is 1. The van der Waals surface area contributed by atoms with Crippen LogP contribution in [0, 0.1) is 0 Å². The van der Waals surface area contributed by atoms with Crippen LogP contribution in [0.5, 0.6) is 0 Å². The largest absolute Gasteiger partial charge is 0.477 e. The van der Waals surface area contributed by atoms with Crippen molar-refractivity contribution in [3.05, 3.63) is 71.3 Å². The highest BCUT2D eigenvalue weighted by Crippen LogP contribution is 2.20. The molecule has 1 atom stereocenters. The molecule has 0 spiro atoms. The van der Waals surface area contributed by atoms with Crippen LogP contribution in [0.2, 0.25) is 0 Å². The molecule has 0 radical (unpaired) electrons. The van der Waals surface area contributed by atoms with E-state index >= 15 is 0 Å². The summed E-state index contributed by atoms with van der Waals surface area (Å²) in [6, 6.07) is 18.1. The Morgan fingerprint density at radius 1 is 1.10 bits per heavy atom. The van der Waals surface area contributed by atoms with Crippen molar-refractivity contribution in [1.29, 1.82) is 0 Å². The normalized spacial score (nSPS) is 11.8. The van der Waals surface area contributed by atoms with Gasteiger partial charge in [0, 0.05) is 5.92 Å². The fraction of sp³-hybridized carbons (Fsp3) is 0.176. The standard InChI is InChI=1S/C17H16O2S/c1-12(16(20)17(18)19)15-9-5-8-14(11-15)10-13-6-3-2-4-7-13/h2-9,11-12H,10H2,1H3,(H,18,19). The van der Waals surface area contributed by atoms with Gasteiger partial charge in [0.25, 0.3) is 0 Å². The summed E-state index contributed by atoms with van der Waals surface area (Å²) >= 11 is 4.96. The molecule has 2 nitrogen and oxygen atoms in total. The van der Waals surface area contributed by atoms with Gasteiger partial charge in [-0.15, -0.1) is 0 Å². The molecule has 1 N–H and O–H groups in total. The number of benzene rings is 2. The number of rotatable bonds is 5. The highest BCUT2D eigenvalue weighted by molar-refractivity contribution is 7.82. The van der Waals surface area contributed by atoms with Crippen molar-refractivity contribution >= 4 is 23.1 Å². The molecule has 3 heteroatoms. The van der Waals surface area contributed by atoms with E-state index in [-0.39, 0.29) is 10.8 Å². The maximum atomic E-state index is 10.9. The summed E-state index contributed by atoms with van der Waals surface area (Å²) < 4.78 is 0. The van der Waals surface area contributed by atoms with Crippen LogP contribution >= 0.6 is 12.2 Å². The van der Waals surface area contributed by atoms with Crippen LogP contribution in [-0.2, 0) is 11.2 Å². The second-order valence-corrected chi connectivity index (χ2v) is 5.24. The minimum absolute atomic E-state index is 0.0573. The number of thiocarbonyl (C=S) groups is 1. The van der Waals surface area contributed by atoms with E-state index in [2.05, 4.69) is 12.1 Å². The highest BCUT2D eigenvalue weighted by atomic mass is 32.1. The van der Waals surface area contributed by atoms with E-state index in [4.69, 9.17) is 17.3 Å². The molecule has 1 unspecified atom stereocenters. The second kappa shape index (κ2) is 6.44. The summed E-state index contributed by atoms with van der Waals surface area (Å²) in [6.45, 7) is 1.83. The molecule has 0 aliphatic rings. The molecule has 0 saturated carbocycles. The quantitative estimate of drug-likeness (QED) is 0.848. The summed E-state index contributed by atoms with van der Waals surface area (Å²) in [6.07, 6.45) is 0.835. The Morgan fingerprint density at radius 2 is 1.75 bits per heavy atom. The number of hydrogen-bond acceptors (Lipinski definition) is 2. The van der Waals surface area contributed by atoms with Crippen molar-refractivity contribution in [3.8, 4) is 0 Å². The van der Waals surface area contributed by atoms with Gasteiger partial charge >= 0.3 is 5.97 Å². The minimum atomic E-state index is -1.01. The van der Waals surface area contributed by atoms with Gasteiger partial charge < -0.3 is 5.11 Å². The number of carboxylic acid groups (broad SMARTS) is 1. The minimum Gasteiger partial charge on any atom is -0.477 e. The summed E-state index contributed by atoms with van der Waals surface area (Å²) in [5.41, 5.74) is 3.35. The molecule has 2 rings (SSSR count). The van der Waals surface area contributed by atoms with E-state index in [0.717, 1.165) is 17.5 Å². The summed E-state index contributed by atoms with van der Waals surface area (Å²) in [5, 5.41) is 8.98. The predicted molar refractivity (Wildman–Crippen MR) is 84.3 cm³/mol. The van der Waals surface area contributed by atoms with E-state index in [1.807, 2.05) is 49.4 Å². The first kappa shape index (κ1) is 14.4. The Bertz CT molecular complexity index is 620. The van der Waals surface area contributed by atoms with Gasteiger partial charge in [-0.05, 0) is 23.1 Å². The first-order valence-electron chi connectivity index (χ1n) is 6.48. The van der Waals surface area contributed by atoms with Gasteiger partial charge in [0.05, 0.1) is 0 Å². The molecular weight excluding hydrogens is 268 g/mol. The zero-order valence-corrected chi connectivity index (χ0v) is 12.1. The molecule has 0 amide bonds. The number of carbonyl (C=O) groups is 1. The van der Waals surface area contributed by atoms with Gasteiger partial charge in [0.15, 0.2) is 0 Å². The topological polar surface area (TPSA) is 37.3 Å². The van der Waals surface area contributed by atoms with E-state index < -0.39 is 5.97 Å². The van der Waals surface area contributed by atoms with Crippen LogP contribution in [0.4, 0.5) is 0 Å². The van der Waals surface area contributed by atoms with Gasteiger partial charge in [-0.2, -0.15) is 0 Å². The van der Waals surface area contributed by atoms with Crippen molar-refractivity contribution < 1.29 is 9.90 Å². The molecule has 2 aromatic rings. The van der Waals surface area contributed by atoms with Crippen LogP contribution in [-0.4, -0.2) is 15.9 Å². The third kappa shape index (κ3) is 3.52.